The highest BCUT2D eigenvalue weighted by Gasteiger charge is 2.52. The van der Waals surface area contributed by atoms with Gasteiger partial charge in [-0.15, -0.1) is 0 Å². The van der Waals surface area contributed by atoms with Gasteiger partial charge in [-0.25, -0.2) is 0 Å². The maximum atomic E-state index is 13.0. The van der Waals surface area contributed by atoms with Crippen molar-refractivity contribution in [3.8, 4) is 5.75 Å². The summed E-state index contributed by atoms with van der Waals surface area (Å²) in [5.41, 5.74) is 4.31. The summed E-state index contributed by atoms with van der Waals surface area (Å²) in [7, 11) is 1.68. The molecule has 102 valence electrons. The lowest BCUT2D eigenvalue weighted by Crippen LogP contribution is -2.31. The van der Waals surface area contributed by atoms with Crippen molar-refractivity contribution in [2.75, 3.05) is 7.11 Å². The summed E-state index contributed by atoms with van der Waals surface area (Å²) in [5, 5.41) is 0. The number of hydrogen-bond acceptors (Lipinski definition) is 2. The van der Waals surface area contributed by atoms with Crippen LogP contribution in [-0.2, 0) is 0 Å². The van der Waals surface area contributed by atoms with Crippen LogP contribution in [0.5, 0.6) is 5.75 Å². The number of carbonyl (C=O) groups is 1. The van der Waals surface area contributed by atoms with Gasteiger partial charge in [0.1, 0.15) is 5.75 Å². The first-order chi connectivity index (χ1) is 9.00. The minimum absolute atomic E-state index is 0.188. The maximum Gasteiger partial charge on any atom is 0.173 e. The number of fused-ring (bicyclic) bond motifs is 3. The van der Waals surface area contributed by atoms with Crippen LogP contribution in [0.25, 0.3) is 0 Å². The topological polar surface area (TPSA) is 26.3 Å². The van der Waals surface area contributed by atoms with E-state index in [0.717, 1.165) is 29.7 Å². The molecule has 0 bridgehead atoms. The average molecular weight is 258 g/mol. The monoisotopic (exact) mass is 258 g/mol. The first-order valence-corrected chi connectivity index (χ1v) is 7.23. The molecule has 2 aliphatic rings. The first-order valence-electron chi connectivity index (χ1n) is 7.23. The normalized spacial score (nSPS) is 29.1. The molecule has 0 spiro atoms. The van der Waals surface area contributed by atoms with Gasteiger partial charge >= 0.3 is 0 Å². The predicted octanol–water partition coefficient (Wildman–Crippen LogP) is 4.17. The van der Waals surface area contributed by atoms with Gasteiger partial charge < -0.3 is 4.74 Å². The minimum atomic E-state index is -0.188. The summed E-state index contributed by atoms with van der Waals surface area (Å²) < 4.78 is 5.54. The zero-order chi connectivity index (χ0) is 13.8. The number of carbonyl (C=O) groups excluding carboxylic acids is 1. The Morgan fingerprint density at radius 2 is 2.00 bits per heavy atom. The van der Waals surface area contributed by atoms with Gasteiger partial charge in [0.15, 0.2) is 5.78 Å². The zero-order valence-electron chi connectivity index (χ0n) is 12.3. The first kappa shape index (κ1) is 12.7. The predicted molar refractivity (Wildman–Crippen MR) is 76.1 cm³/mol. The van der Waals surface area contributed by atoms with E-state index in [1.54, 1.807) is 7.11 Å². The van der Waals surface area contributed by atoms with Crippen molar-refractivity contribution in [2.45, 2.75) is 52.4 Å². The minimum Gasteiger partial charge on any atom is -0.496 e. The number of ether oxygens (including phenoxy) is 1. The molecule has 2 nitrogen and oxygen atoms in total. The van der Waals surface area contributed by atoms with Crippen molar-refractivity contribution >= 4 is 5.78 Å². The van der Waals surface area contributed by atoms with E-state index in [1.165, 1.54) is 24.0 Å². The number of rotatable bonds is 1. The molecule has 0 N–H and O–H groups in total. The lowest BCUT2D eigenvalue weighted by atomic mass is 9.67. The van der Waals surface area contributed by atoms with Crippen LogP contribution < -0.4 is 4.74 Å². The largest absolute Gasteiger partial charge is 0.496 e. The van der Waals surface area contributed by atoms with Crippen molar-refractivity contribution in [3.63, 3.8) is 0 Å². The molecule has 1 aromatic rings. The highest BCUT2D eigenvalue weighted by Crippen LogP contribution is 2.57. The maximum absolute atomic E-state index is 13.0. The molecule has 1 fully saturated rings. The Morgan fingerprint density at radius 3 is 2.68 bits per heavy atom. The molecule has 2 heteroatoms. The summed E-state index contributed by atoms with van der Waals surface area (Å²) in [6, 6.07) is 2.17. The number of aryl methyl sites for hydroxylation is 2. The second-order valence-electron chi connectivity index (χ2n) is 6.38. The SMILES string of the molecule is COc1c(C)cc(C)c2c1C(=O)C1(C)CCCCC21. The smallest absolute Gasteiger partial charge is 0.173 e. The molecule has 0 aliphatic heterocycles. The van der Waals surface area contributed by atoms with Crippen LogP contribution in [0.2, 0.25) is 0 Å². The Hall–Kier alpha value is -1.31. The van der Waals surface area contributed by atoms with Crippen LogP contribution >= 0.6 is 0 Å². The molecule has 2 aliphatic carbocycles. The molecular weight excluding hydrogens is 236 g/mol. The van der Waals surface area contributed by atoms with Gasteiger partial charge in [0.2, 0.25) is 0 Å². The molecule has 19 heavy (non-hydrogen) atoms. The molecule has 2 unspecified atom stereocenters. The standard InChI is InChI=1S/C17H22O2/c1-10-9-11(2)15(19-4)14-13(10)12-7-5-6-8-17(12,3)16(14)18/h9,12H,5-8H2,1-4H3. The number of benzene rings is 1. The number of methoxy groups -OCH3 is 1. The fourth-order valence-corrected chi connectivity index (χ4v) is 4.28. The fourth-order valence-electron chi connectivity index (χ4n) is 4.28. The Balaban J connectivity index is 2.29. The molecular formula is C17H22O2. The van der Waals surface area contributed by atoms with Crippen LogP contribution in [-0.4, -0.2) is 12.9 Å². The third kappa shape index (κ3) is 1.52. The number of ketones is 1. The molecule has 1 saturated carbocycles. The Labute approximate surface area is 115 Å². The van der Waals surface area contributed by atoms with Gasteiger partial charge in [-0.3, -0.25) is 4.79 Å². The van der Waals surface area contributed by atoms with Crippen LogP contribution in [0.15, 0.2) is 6.07 Å². The van der Waals surface area contributed by atoms with Crippen LogP contribution in [0.3, 0.4) is 0 Å². The summed E-state index contributed by atoms with van der Waals surface area (Å²) in [6.45, 7) is 6.33. The highest BCUT2D eigenvalue weighted by atomic mass is 16.5. The van der Waals surface area contributed by atoms with Gasteiger partial charge in [0.25, 0.3) is 0 Å². The van der Waals surface area contributed by atoms with E-state index in [2.05, 4.69) is 19.9 Å². The van der Waals surface area contributed by atoms with Gasteiger partial charge in [0.05, 0.1) is 12.7 Å². The summed E-state index contributed by atoms with van der Waals surface area (Å²) in [5.74, 6) is 1.52. The van der Waals surface area contributed by atoms with Gasteiger partial charge in [-0.05, 0) is 49.3 Å². The van der Waals surface area contributed by atoms with E-state index in [0.29, 0.717) is 11.7 Å². The van der Waals surface area contributed by atoms with E-state index >= 15 is 0 Å². The number of Topliss-reactive ketones (excluding diaryl/α,β-unsaturated/α-hetero) is 1. The Kier molecular flexibility index (Phi) is 2.74. The van der Waals surface area contributed by atoms with Crippen molar-refractivity contribution in [3.05, 3.63) is 28.3 Å². The Morgan fingerprint density at radius 1 is 1.26 bits per heavy atom. The van der Waals surface area contributed by atoms with Crippen molar-refractivity contribution in [2.24, 2.45) is 5.41 Å². The molecule has 0 radical (unpaired) electrons. The molecule has 0 aromatic heterocycles. The Bertz CT molecular complexity index is 559. The number of hydrogen-bond donors (Lipinski definition) is 0. The highest BCUT2D eigenvalue weighted by molar-refractivity contribution is 6.08. The summed E-state index contributed by atoms with van der Waals surface area (Å²) in [4.78, 5) is 13.0. The van der Waals surface area contributed by atoms with Crippen LogP contribution in [0.4, 0.5) is 0 Å². The third-order valence-electron chi connectivity index (χ3n) is 5.22. The van der Waals surface area contributed by atoms with Crippen molar-refractivity contribution in [1.82, 2.24) is 0 Å². The molecule has 0 saturated heterocycles. The molecule has 0 amide bonds. The van der Waals surface area contributed by atoms with Crippen LogP contribution in [0.1, 0.15) is 65.6 Å². The lowest BCUT2D eigenvalue weighted by molar-refractivity contribution is 0.0746. The van der Waals surface area contributed by atoms with E-state index in [9.17, 15) is 4.79 Å². The van der Waals surface area contributed by atoms with E-state index < -0.39 is 0 Å². The summed E-state index contributed by atoms with van der Waals surface area (Å²) >= 11 is 0. The average Bonchev–Trinajstić information content (AvgIpc) is 2.61. The fraction of sp³-hybridized carbons (Fsp3) is 0.588. The summed E-state index contributed by atoms with van der Waals surface area (Å²) in [6.07, 6.45) is 4.57. The van der Waals surface area contributed by atoms with Crippen molar-refractivity contribution in [1.29, 1.82) is 0 Å². The van der Waals surface area contributed by atoms with E-state index in [1.807, 2.05) is 6.92 Å². The molecule has 3 rings (SSSR count). The van der Waals surface area contributed by atoms with Gasteiger partial charge in [-0.2, -0.15) is 0 Å². The molecule has 0 heterocycles. The van der Waals surface area contributed by atoms with E-state index in [4.69, 9.17) is 4.74 Å². The molecule has 2 atom stereocenters. The van der Waals surface area contributed by atoms with E-state index in [-0.39, 0.29) is 5.41 Å². The quantitative estimate of drug-likeness (QED) is 0.755. The third-order valence-corrected chi connectivity index (χ3v) is 5.22. The van der Waals surface area contributed by atoms with Gasteiger partial charge in [0, 0.05) is 5.41 Å². The van der Waals surface area contributed by atoms with Crippen LogP contribution in [0, 0.1) is 19.3 Å². The zero-order valence-corrected chi connectivity index (χ0v) is 12.3. The lowest BCUT2D eigenvalue weighted by Gasteiger charge is -2.35. The second-order valence-corrected chi connectivity index (χ2v) is 6.38. The van der Waals surface area contributed by atoms with Crippen molar-refractivity contribution < 1.29 is 9.53 Å². The van der Waals surface area contributed by atoms with Gasteiger partial charge in [-0.1, -0.05) is 25.8 Å². The molecule has 1 aromatic carbocycles. The second kappa shape index (κ2) is 4.09.